The Labute approximate surface area is 148 Å². The zero-order chi connectivity index (χ0) is 18.0. The highest BCUT2D eigenvalue weighted by atomic mass is 16.5. The molecule has 25 heavy (non-hydrogen) atoms. The van der Waals surface area contributed by atoms with Crippen LogP contribution in [0.25, 0.3) is 10.8 Å². The number of carbonyl (C=O) groups is 1. The number of aryl methyl sites for hydroxylation is 2. The first kappa shape index (κ1) is 17.0. The van der Waals surface area contributed by atoms with E-state index in [9.17, 15) is 4.79 Å². The van der Waals surface area contributed by atoms with Crippen LogP contribution in [-0.4, -0.2) is 25.0 Å². The van der Waals surface area contributed by atoms with E-state index in [-0.39, 0.29) is 5.91 Å². The number of rotatable bonds is 4. The average molecular weight is 333 g/mol. The van der Waals surface area contributed by atoms with Crippen molar-refractivity contribution in [2.45, 2.75) is 20.4 Å². The zero-order valence-electron chi connectivity index (χ0n) is 15.2. The van der Waals surface area contributed by atoms with Crippen LogP contribution in [0.4, 0.5) is 0 Å². The monoisotopic (exact) mass is 333 g/mol. The van der Waals surface area contributed by atoms with Crippen LogP contribution in [0.15, 0.2) is 54.6 Å². The molecule has 0 spiro atoms. The van der Waals surface area contributed by atoms with Gasteiger partial charge in [0.05, 0.1) is 7.11 Å². The van der Waals surface area contributed by atoms with Gasteiger partial charge < -0.3 is 9.64 Å². The molecule has 0 saturated heterocycles. The maximum atomic E-state index is 12.7. The first-order chi connectivity index (χ1) is 12.0. The number of amides is 1. The molecular weight excluding hydrogens is 310 g/mol. The second-order valence-corrected chi connectivity index (χ2v) is 6.59. The second-order valence-electron chi connectivity index (χ2n) is 6.59. The van der Waals surface area contributed by atoms with E-state index in [1.54, 1.807) is 12.0 Å². The maximum Gasteiger partial charge on any atom is 0.253 e. The fourth-order valence-electron chi connectivity index (χ4n) is 3.16. The summed E-state index contributed by atoms with van der Waals surface area (Å²) in [7, 11) is 3.52. The molecule has 0 fully saturated rings. The van der Waals surface area contributed by atoms with Crippen molar-refractivity contribution >= 4 is 16.7 Å². The van der Waals surface area contributed by atoms with Gasteiger partial charge in [0.15, 0.2) is 0 Å². The molecule has 0 N–H and O–H groups in total. The standard InChI is InChI=1S/C22H23NO2/c1-15-9-16(2)11-20(10-15)22(24)23(3)14-17-5-6-19-13-21(25-4)8-7-18(19)12-17/h5-13H,14H2,1-4H3. The van der Waals surface area contributed by atoms with E-state index in [0.717, 1.165) is 38.8 Å². The topological polar surface area (TPSA) is 29.5 Å². The summed E-state index contributed by atoms with van der Waals surface area (Å²) < 4.78 is 5.26. The van der Waals surface area contributed by atoms with Gasteiger partial charge in [0.25, 0.3) is 5.91 Å². The number of nitrogens with zero attached hydrogens (tertiary/aromatic N) is 1. The highest BCUT2D eigenvalue weighted by Crippen LogP contribution is 2.22. The molecule has 0 radical (unpaired) electrons. The number of benzene rings is 3. The van der Waals surface area contributed by atoms with E-state index >= 15 is 0 Å². The minimum atomic E-state index is 0.0432. The number of carbonyl (C=O) groups excluding carboxylic acids is 1. The zero-order valence-corrected chi connectivity index (χ0v) is 15.2. The largest absolute Gasteiger partial charge is 0.497 e. The summed E-state index contributed by atoms with van der Waals surface area (Å²) in [5, 5.41) is 2.27. The summed E-state index contributed by atoms with van der Waals surface area (Å²) in [5.41, 5.74) is 4.07. The lowest BCUT2D eigenvalue weighted by molar-refractivity contribution is 0.0785. The maximum absolute atomic E-state index is 12.7. The Kier molecular flexibility index (Phi) is 4.75. The molecule has 1 amide bonds. The summed E-state index contributed by atoms with van der Waals surface area (Å²) in [5.74, 6) is 0.893. The summed E-state index contributed by atoms with van der Waals surface area (Å²) in [6.07, 6.45) is 0. The Balaban J connectivity index is 1.81. The molecule has 3 rings (SSSR count). The van der Waals surface area contributed by atoms with Crippen LogP contribution in [0.5, 0.6) is 5.75 Å². The van der Waals surface area contributed by atoms with Crippen LogP contribution in [0, 0.1) is 13.8 Å². The van der Waals surface area contributed by atoms with E-state index in [4.69, 9.17) is 4.74 Å². The van der Waals surface area contributed by atoms with Crippen LogP contribution < -0.4 is 4.74 Å². The van der Waals surface area contributed by atoms with Gasteiger partial charge in [0.2, 0.25) is 0 Å². The van der Waals surface area contributed by atoms with Gasteiger partial charge in [-0.3, -0.25) is 4.79 Å². The normalized spacial score (nSPS) is 10.7. The molecule has 3 aromatic rings. The Morgan fingerprint density at radius 3 is 2.24 bits per heavy atom. The van der Waals surface area contributed by atoms with E-state index in [1.165, 1.54) is 0 Å². The molecule has 0 aliphatic heterocycles. The lowest BCUT2D eigenvalue weighted by Crippen LogP contribution is -2.26. The smallest absolute Gasteiger partial charge is 0.253 e. The van der Waals surface area contributed by atoms with E-state index in [1.807, 2.05) is 51.2 Å². The van der Waals surface area contributed by atoms with Gasteiger partial charge >= 0.3 is 0 Å². The highest BCUT2D eigenvalue weighted by Gasteiger charge is 2.13. The molecule has 0 atom stereocenters. The number of fused-ring (bicyclic) bond motifs is 1. The summed E-state index contributed by atoms with van der Waals surface area (Å²) in [4.78, 5) is 14.5. The van der Waals surface area contributed by atoms with Crippen LogP contribution in [0.3, 0.4) is 0 Å². The molecule has 0 aliphatic carbocycles. The molecule has 3 heteroatoms. The first-order valence-corrected chi connectivity index (χ1v) is 8.37. The fourth-order valence-corrected chi connectivity index (χ4v) is 3.16. The number of methoxy groups -OCH3 is 1. The average Bonchev–Trinajstić information content (AvgIpc) is 2.59. The molecule has 3 nitrogen and oxygen atoms in total. The van der Waals surface area contributed by atoms with Crippen molar-refractivity contribution in [1.82, 2.24) is 4.90 Å². The first-order valence-electron chi connectivity index (χ1n) is 8.37. The second kappa shape index (κ2) is 6.98. The molecule has 0 heterocycles. The quantitative estimate of drug-likeness (QED) is 0.690. The molecule has 0 saturated carbocycles. The van der Waals surface area contributed by atoms with Crippen molar-refractivity contribution in [1.29, 1.82) is 0 Å². The van der Waals surface area contributed by atoms with E-state index in [0.29, 0.717) is 6.54 Å². The SMILES string of the molecule is COc1ccc2cc(CN(C)C(=O)c3cc(C)cc(C)c3)ccc2c1. The predicted molar refractivity (Wildman–Crippen MR) is 102 cm³/mol. The molecule has 0 aliphatic rings. The van der Waals surface area contributed by atoms with Gasteiger partial charge in [-0.1, -0.05) is 35.4 Å². The molecule has 3 aromatic carbocycles. The van der Waals surface area contributed by atoms with Crippen molar-refractivity contribution in [2.75, 3.05) is 14.2 Å². The lowest BCUT2D eigenvalue weighted by Gasteiger charge is -2.18. The van der Waals surface area contributed by atoms with Crippen molar-refractivity contribution in [2.24, 2.45) is 0 Å². The third-order valence-electron chi connectivity index (χ3n) is 4.35. The van der Waals surface area contributed by atoms with E-state index in [2.05, 4.69) is 24.3 Å². The van der Waals surface area contributed by atoms with Gasteiger partial charge in [0, 0.05) is 19.2 Å². The van der Waals surface area contributed by atoms with Gasteiger partial charge in [-0.25, -0.2) is 0 Å². The molecule has 128 valence electrons. The molecule has 0 bridgehead atoms. The number of hydrogen-bond acceptors (Lipinski definition) is 2. The van der Waals surface area contributed by atoms with Crippen LogP contribution in [-0.2, 0) is 6.54 Å². The summed E-state index contributed by atoms with van der Waals surface area (Å²) in [6.45, 7) is 4.61. The van der Waals surface area contributed by atoms with E-state index < -0.39 is 0 Å². The van der Waals surface area contributed by atoms with Crippen molar-refractivity contribution in [3.05, 3.63) is 76.9 Å². The van der Waals surface area contributed by atoms with Crippen LogP contribution >= 0.6 is 0 Å². The van der Waals surface area contributed by atoms with Gasteiger partial charge in [-0.15, -0.1) is 0 Å². The molecule has 0 unspecified atom stereocenters. The predicted octanol–water partition coefficient (Wildman–Crippen LogP) is 4.74. The van der Waals surface area contributed by atoms with Gasteiger partial charge in [-0.2, -0.15) is 0 Å². The lowest BCUT2D eigenvalue weighted by atomic mass is 10.0. The van der Waals surface area contributed by atoms with Crippen LogP contribution in [0.1, 0.15) is 27.0 Å². The Hall–Kier alpha value is -2.81. The number of hydrogen-bond donors (Lipinski definition) is 0. The highest BCUT2D eigenvalue weighted by molar-refractivity contribution is 5.94. The third kappa shape index (κ3) is 3.82. The summed E-state index contributed by atoms with van der Waals surface area (Å²) >= 11 is 0. The van der Waals surface area contributed by atoms with Gasteiger partial charge in [0.1, 0.15) is 5.75 Å². The van der Waals surface area contributed by atoms with Crippen molar-refractivity contribution < 1.29 is 9.53 Å². The molecular formula is C22H23NO2. The summed E-state index contributed by atoms with van der Waals surface area (Å²) in [6, 6.07) is 18.2. The molecule has 0 aromatic heterocycles. The Morgan fingerprint density at radius 2 is 1.56 bits per heavy atom. The number of ether oxygens (including phenoxy) is 1. The van der Waals surface area contributed by atoms with Crippen LogP contribution in [0.2, 0.25) is 0 Å². The minimum Gasteiger partial charge on any atom is -0.497 e. The third-order valence-corrected chi connectivity index (χ3v) is 4.35. The van der Waals surface area contributed by atoms with Crippen molar-refractivity contribution in [3.8, 4) is 5.75 Å². The Morgan fingerprint density at radius 1 is 0.920 bits per heavy atom. The minimum absolute atomic E-state index is 0.0432. The van der Waals surface area contributed by atoms with Crippen molar-refractivity contribution in [3.63, 3.8) is 0 Å². The fraction of sp³-hybridized carbons (Fsp3) is 0.227. The van der Waals surface area contributed by atoms with Gasteiger partial charge in [-0.05, 0) is 60.5 Å². The Bertz CT molecular complexity index is 910.